The van der Waals surface area contributed by atoms with Gasteiger partial charge in [-0.15, -0.1) is 0 Å². The summed E-state index contributed by atoms with van der Waals surface area (Å²) < 4.78 is 27.9. The molecule has 2 aromatic rings. The van der Waals surface area contributed by atoms with Crippen LogP contribution in [0, 0.1) is 0 Å². The number of primary sulfonamides is 1. The molecule has 0 amide bonds. The molecular formula is C18H18N2O4S. The summed E-state index contributed by atoms with van der Waals surface area (Å²) in [5.41, 5.74) is 2.25. The molecule has 0 aliphatic carbocycles. The average Bonchev–Trinajstić information content (AvgIpc) is 2.60. The molecule has 1 unspecified atom stereocenters. The first-order valence-electron chi connectivity index (χ1n) is 7.70. The highest BCUT2D eigenvalue weighted by atomic mass is 32.2. The molecule has 0 aromatic heterocycles. The van der Waals surface area contributed by atoms with Crippen LogP contribution in [-0.4, -0.2) is 26.3 Å². The Bertz CT molecular complexity index is 918. The number of hydrogen-bond acceptors (Lipinski definition) is 5. The van der Waals surface area contributed by atoms with Crippen LogP contribution < -0.4 is 9.88 Å². The topological polar surface area (TPSA) is 102 Å². The molecule has 1 aliphatic rings. The number of aliphatic imine (C=N–C) groups is 1. The fraction of sp³-hybridized carbons (Fsp3) is 0.167. The molecule has 3 rings (SSSR count). The Balaban J connectivity index is 1.58. The number of benzene rings is 2. The van der Waals surface area contributed by atoms with E-state index >= 15 is 0 Å². The number of nitrogens with zero attached hydrogens (tertiary/aromatic N) is 1. The largest absolute Gasteiger partial charge is 0.464 e. The third-order valence-corrected chi connectivity index (χ3v) is 4.80. The number of sulfonamides is 1. The van der Waals surface area contributed by atoms with Crippen molar-refractivity contribution >= 4 is 16.2 Å². The van der Waals surface area contributed by atoms with E-state index in [1.54, 1.807) is 24.4 Å². The van der Waals surface area contributed by atoms with E-state index in [-0.39, 0.29) is 4.90 Å². The van der Waals surface area contributed by atoms with Crippen molar-refractivity contribution in [1.29, 1.82) is 0 Å². The molecule has 0 bridgehead atoms. The summed E-state index contributed by atoms with van der Waals surface area (Å²) in [6.07, 6.45) is 2.97. The summed E-state index contributed by atoms with van der Waals surface area (Å²) >= 11 is 0. The van der Waals surface area contributed by atoms with Crippen molar-refractivity contribution in [3.05, 3.63) is 71.5 Å². The molecule has 0 fully saturated rings. The van der Waals surface area contributed by atoms with Crippen molar-refractivity contribution in [1.82, 2.24) is 0 Å². The zero-order valence-corrected chi connectivity index (χ0v) is 14.2. The molecule has 6 nitrogen and oxygen atoms in total. The Morgan fingerprint density at radius 2 is 1.88 bits per heavy atom. The molecule has 1 heterocycles. The molecule has 0 saturated heterocycles. The lowest BCUT2D eigenvalue weighted by Gasteiger charge is -2.20. The molecule has 1 atom stereocenters. The molecule has 0 radical (unpaired) electrons. The van der Waals surface area contributed by atoms with Crippen molar-refractivity contribution in [3.63, 3.8) is 0 Å². The van der Waals surface area contributed by atoms with Crippen LogP contribution in [0.2, 0.25) is 0 Å². The van der Waals surface area contributed by atoms with Crippen molar-refractivity contribution in [3.8, 4) is 5.75 Å². The Labute approximate surface area is 146 Å². The van der Waals surface area contributed by atoms with Gasteiger partial charge in [-0.05, 0) is 30.2 Å². The van der Waals surface area contributed by atoms with Gasteiger partial charge in [0.05, 0.1) is 11.2 Å². The molecule has 2 aromatic carbocycles. The second kappa shape index (κ2) is 7.18. The number of rotatable bonds is 5. The van der Waals surface area contributed by atoms with Crippen LogP contribution >= 0.6 is 0 Å². The molecule has 0 saturated carbocycles. The fourth-order valence-electron chi connectivity index (χ4n) is 2.50. The monoisotopic (exact) mass is 358 g/mol. The van der Waals surface area contributed by atoms with Gasteiger partial charge in [-0.1, -0.05) is 30.3 Å². The number of nitrogens with two attached hydrogens (primary N) is 1. The van der Waals surface area contributed by atoms with Crippen molar-refractivity contribution in [2.24, 2.45) is 10.1 Å². The van der Waals surface area contributed by atoms with Gasteiger partial charge < -0.3 is 9.84 Å². The van der Waals surface area contributed by atoms with Gasteiger partial charge in [0.25, 0.3) is 0 Å². The van der Waals surface area contributed by atoms with E-state index in [1.807, 2.05) is 18.2 Å². The van der Waals surface area contributed by atoms with Crippen LogP contribution in [-0.2, 0) is 16.4 Å². The molecule has 1 aliphatic heterocycles. The number of aliphatic hydroxyl groups excluding tert-OH is 1. The van der Waals surface area contributed by atoms with E-state index in [2.05, 4.69) is 4.99 Å². The van der Waals surface area contributed by atoms with Gasteiger partial charge in [0, 0.05) is 23.9 Å². The maximum Gasteiger partial charge on any atom is 0.238 e. The summed E-state index contributed by atoms with van der Waals surface area (Å²) in [6.45, 7) is 0.500. The Hall–Kier alpha value is -2.48. The smallest absolute Gasteiger partial charge is 0.238 e. The van der Waals surface area contributed by atoms with E-state index in [0.717, 1.165) is 5.56 Å². The first-order valence-corrected chi connectivity index (χ1v) is 9.25. The lowest BCUT2D eigenvalue weighted by molar-refractivity contribution is 0.206. The van der Waals surface area contributed by atoms with Crippen LogP contribution in [0.15, 0.2) is 70.3 Å². The van der Waals surface area contributed by atoms with Crippen molar-refractivity contribution in [2.45, 2.75) is 17.4 Å². The minimum Gasteiger partial charge on any atom is -0.464 e. The lowest BCUT2D eigenvalue weighted by Crippen LogP contribution is -2.12. The fourth-order valence-corrected chi connectivity index (χ4v) is 3.02. The van der Waals surface area contributed by atoms with Crippen LogP contribution in [0.25, 0.3) is 0 Å². The van der Waals surface area contributed by atoms with Gasteiger partial charge in [-0.2, -0.15) is 0 Å². The molecule has 3 N–H and O–H groups in total. The second-order valence-corrected chi connectivity index (χ2v) is 7.21. The summed E-state index contributed by atoms with van der Waals surface area (Å²) in [7, 11) is -3.67. The molecule has 7 heteroatoms. The Kier molecular flexibility index (Phi) is 4.98. The maximum atomic E-state index is 11.2. The highest BCUT2D eigenvalue weighted by molar-refractivity contribution is 7.89. The van der Waals surface area contributed by atoms with Crippen molar-refractivity contribution in [2.75, 3.05) is 6.54 Å². The normalized spacial score (nSPS) is 17.0. The summed E-state index contributed by atoms with van der Waals surface area (Å²) in [5.74, 6) is 0.641. The lowest BCUT2D eigenvalue weighted by atomic mass is 10.0. The zero-order valence-electron chi connectivity index (χ0n) is 13.4. The summed E-state index contributed by atoms with van der Waals surface area (Å²) in [4.78, 5) is 4.40. The van der Waals surface area contributed by atoms with E-state index in [0.29, 0.717) is 29.9 Å². The van der Waals surface area contributed by atoms with E-state index in [1.165, 1.54) is 18.4 Å². The average molecular weight is 358 g/mol. The van der Waals surface area contributed by atoms with Gasteiger partial charge in [0.1, 0.15) is 11.9 Å². The van der Waals surface area contributed by atoms with Crippen LogP contribution in [0.4, 0.5) is 0 Å². The quantitative estimate of drug-likeness (QED) is 0.798. The minimum atomic E-state index is -3.67. The van der Waals surface area contributed by atoms with E-state index < -0.39 is 16.1 Å². The van der Waals surface area contributed by atoms with Gasteiger partial charge >= 0.3 is 0 Å². The van der Waals surface area contributed by atoms with Crippen LogP contribution in [0.3, 0.4) is 0 Å². The highest BCUT2D eigenvalue weighted by Crippen LogP contribution is 2.33. The summed E-state index contributed by atoms with van der Waals surface area (Å²) in [6, 6.07) is 13.7. The SMILES string of the molecule is NS(=O)(=O)c1ccc(CCN=CC2=COc3ccccc3C2O)cc1. The maximum absolute atomic E-state index is 11.2. The summed E-state index contributed by atoms with van der Waals surface area (Å²) in [5, 5.41) is 15.4. The van der Waals surface area contributed by atoms with Gasteiger partial charge in [-0.3, -0.25) is 4.99 Å². The van der Waals surface area contributed by atoms with Crippen LogP contribution in [0.5, 0.6) is 5.75 Å². The zero-order chi connectivity index (χ0) is 17.9. The number of hydrogen-bond donors (Lipinski definition) is 2. The van der Waals surface area contributed by atoms with Crippen LogP contribution in [0.1, 0.15) is 17.2 Å². The van der Waals surface area contributed by atoms with Crippen molar-refractivity contribution < 1.29 is 18.3 Å². The highest BCUT2D eigenvalue weighted by Gasteiger charge is 2.20. The number of fused-ring (bicyclic) bond motifs is 1. The number of ether oxygens (including phenoxy) is 1. The minimum absolute atomic E-state index is 0.0889. The Morgan fingerprint density at radius 3 is 2.60 bits per heavy atom. The third kappa shape index (κ3) is 4.14. The molecule has 0 spiro atoms. The number of aliphatic hydroxyl groups is 1. The molecule has 130 valence electrons. The molecular weight excluding hydrogens is 340 g/mol. The molecule has 25 heavy (non-hydrogen) atoms. The third-order valence-electron chi connectivity index (χ3n) is 3.87. The first kappa shape index (κ1) is 17.3. The van der Waals surface area contributed by atoms with Gasteiger partial charge in [0.2, 0.25) is 10.0 Å². The number of para-hydroxylation sites is 1. The van der Waals surface area contributed by atoms with Gasteiger partial charge in [0.15, 0.2) is 0 Å². The Morgan fingerprint density at radius 1 is 1.16 bits per heavy atom. The predicted octanol–water partition coefficient (Wildman–Crippen LogP) is 1.96. The predicted molar refractivity (Wildman–Crippen MR) is 95.0 cm³/mol. The first-order chi connectivity index (χ1) is 11.9. The van der Waals surface area contributed by atoms with Gasteiger partial charge in [-0.25, -0.2) is 13.6 Å². The second-order valence-electron chi connectivity index (χ2n) is 5.65. The van der Waals surface area contributed by atoms with E-state index in [4.69, 9.17) is 9.88 Å². The van der Waals surface area contributed by atoms with E-state index in [9.17, 15) is 13.5 Å². The standard InChI is InChI=1S/C18H18N2O4S/c19-25(22,23)15-7-5-13(6-8-15)9-10-20-11-14-12-24-17-4-2-1-3-16(17)18(14)21/h1-8,11-12,18,21H,9-10H2,(H2,19,22,23).